The summed E-state index contributed by atoms with van der Waals surface area (Å²) in [5.41, 5.74) is 0. The van der Waals surface area contributed by atoms with Gasteiger partial charge in [0.05, 0.1) is 6.54 Å². The van der Waals surface area contributed by atoms with Crippen LogP contribution in [0.3, 0.4) is 0 Å². The molecule has 0 aromatic heterocycles. The third-order valence-electron chi connectivity index (χ3n) is 1.77. The number of aliphatic hydroxyl groups excluding tert-OH is 1. The predicted molar refractivity (Wildman–Crippen MR) is 52.5 cm³/mol. The van der Waals surface area contributed by atoms with Gasteiger partial charge in [0.25, 0.3) is 0 Å². The molecule has 0 aromatic rings. The van der Waals surface area contributed by atoms with Crippen LogP contribution >= 0.6 is 0 Å². The van der Waals surface area contributed by atoms with Gasteiger partial charge in [0.1, 0.15) is 0 Å². The highest BCUT2D eigenvalue weighted by Gasteiger charge is 2.10. The number of hydrogen-bond acceptors (Lipinski definition) is 3. The molecule has 0 saturated heterocycles. The fraction of sp³-hybridized carbons (Fsp3) is 0.889. The monoisotopic (exact) mass is 188 g/mol. The molecule has 13 heavy (non-hydrogen) atoms. The van der Waals surface area contributed by atoms with Gasteiger partial charge >= 0.3 is 0 Å². The summed E-state index contributed by atoms with van der Waals surface area (Å²) in [5.74, 6) is 0.126. The second kappa shape index (κ2) is 6.86. The van der Waals surface area contributed by atoms with Gasteiger partial charge in [0, 0.05) is 19.7 Å². The third kappa shape index (κ3) is 5.60. The van der Waals surface area contributed by atoms with Crippen LogP contribution in [0.15, 0.2) is 0 Å². The maximum atomic E-state index is 11.5. The number of likely N-dealkylation sites (N-methyl/N-ethyl adjacent to an activating group) is 2. The minimum atomic E-state index is 0.126. The van der Waals surface area contributed by atoms with Crippen molar-refractivity contribution in [2.75, 3.05) is 40.3 Å². The van der Waals surface area contributed by atoms with Crippen molar-refractivity contribution in [2.45, 2.75) is 13.3 Å². The topological polar surface area (TPSA) is 43.8 Å². The molecule has 0 heterocycles. The molecule has 0 spiro atoms. The lowest BCUT2D eigenvalue weighted by Gasteiger charge is -2.22. The molecule has 0 bridgehead atoms. The molecule has 1 amide bonds. The molecule has 0 radical (unpaired) electrons. The molecule has 0 saturated carbocycles. The van der Waals surface area contributed by atoms with E-state index in [1.54, 1.807) is 4.90 Å². The fourth-order valence-corrected chi connectivity index (χ4v) is 1.09. The summed E-state index contributed by atoms with van der Waals surface area (Å²) in [5, 5.41) is 8.63. The van der Waals surface area contributed by atoms with E-state index in [-0.39, 0.29) is 12.5 Å². The number of rotatable bonds is 6. The first kappa shape index (κ1) is 12.4. The average Bonchev–Trinajstić information content (AvgIpc) is 2.04. The van der Waals surface area contributed by atoms with Gasteiger partial charge in [0.2, 0.25) is 5.91 Å². The Labute approximate surface area is 80.1 Å². The molecule has 0 fully saturated rings. The number of hydrogen-bond donors (Lipinski definition) is 1. The summed E-state index contributed by atoms with van der Waals surface area (Å²) in [6, 6.07) is 0. The molecule has 4 nitrogen and oxygen atoms in total. The van der Waals surface area contributed by atoms with Crippen LogP contribution in [0.5, 0.6) is 0 Å². The van der Waals surface area contributed by atoms with E-state index in [1.165, 1.54) is 0 Å². The molecule has 0 aliphatic carbocycles. The van der Waals surface area contributed by atoms with Crippen LogP contribution in [-0.4, -0.2) is 61.2 Å². The number of carbonyl (C=O) groups excluding carboxylic acids is 1. The Bertz CT molecular complexity index is 149. The van der Waals surface area contributed by atoms with Crippen molar-refractivity contribution in [1.29, 1.82) is 0 Å². The largest absolute Gasteiger partial charge is 0.396 e. The molecule has 1 N–H and O–H groups in total. The van der Waals surface area contributed by atoms with Crippen molar-refractivity contribution >= 4 is 5.91 Å². The molecular formula is C9H20N2O2. The quantitative estimate of drug-likeness (QED) is 0.626. The normalized spacial score (nSPS) is 10.5. The molecule has 4 heteroatoms. The summed E-state index contributed by atoms with van der Waals surface area (Å²) in [4.78, 5) is 15.1. The van der Waals surface area contributed by atoms with Crippen LogP contribution in [0.2, 0.25) is 0 Å². The van der Waals surface area contributed by atoms with Crippen LogP contribution in [0.25, 0.3) is 0 Å². The van der Waals surface area contributed by atoms with Crippen molar-refractivity contribution in [1.82, 2.24) is 9.80 Å². The zero-order chi connectivity index (χ0) is 10.3. The van der Waals surface area contributed by atoms with Gasteiger partial charge in [-0.05, 0) is 27.4 Å². The van der Waals surface area contributed by atoms with Gasteiger partial charge in [-0.3, -0.25) is 4.79 Å². The first-order valence-corrected chi connectivity index (χ1v) is 4.65. The number of amides is 1. The second-order valence-corrected chi connectivity index (χ2v) is 3.29. The van der Waals surface area contributed by atoms with E-state index in [9.17, 15) is 4.79 Å². The fourth-order valence-electron chi connectivity index (χ4n) is 1.09. The Balaban J connectivity index is 3.84. The highest BCUT2D eigenvalue weighted by atomic mass is 16.3. The Morgan fingerprint density at radius 2 is 2.00 bits per heavy atom. The Morgan fingerprint density at radius 1 is 1.38 bits per heavy atom. The van der Waals surface area contributed by atoms with Crippen LogP contribution < -0.4 is 0 Å². The molecule has 0 atom stereocenters. The van der Waals surface area contributed by atoms with Crippen LogP contribution in [0.1, 0.15) is 13.3 Å². The predicted octanol–water partition coefficient (Wildman–Crippen LogP) is -0.221. The zero-order valence-electron chi connectivity index (χ0n) is 8.79. The van der Waals surface area contributed by atoms with E-state index in [1.807, 2.05) is 25.9 Å². The molecule has 0 unspecified atom stereocenters. The van der Waals surface area contributed by atoms with E-state index in [2.05, 4.69) is 0 Å². The summed E-state index contributed by atoms with van der Waals surface area (Å²) >= 11 is 0. The maximum Gasteiger partial charge on any atom is 0.236 e. The van der Waals surface area contributed by atoms with Crippen LogP contribution in [0, 0.1) is 0 Å². The lowest BCUT2D eigenvalue weighted by Crippen LogP contribution is -2.38. The Morgan fingerprint density at radius 3 is 2.38 bits per heavy atom. The lowest BCUT2D eigenvalue weighted by atomic mass is 10.3. The molecule has 0 aliphatic rings. The molecule has 0 rings (SSSR count). The van der Waals surface area contributed by atoms with Gasteiger partial charge in [-0.1, -0.05) is 0 Å². The van der Waals surface area contributed by atoms with E-state index in [0.29, 0.717) is 26.1 Å². The zero-order valence-corrected chi connectivity index (χ0v) is 8.79. The van der Waals surface area contributed by atoms with Gasteiger partial charge in [-0.25, -0.2) is 0 Å². The van der Waals surface area contributed by atoms with Gasteiger partial charge in [-0.2, -0.15) is 0 Å². The SMILES string of the molecule is CCN(CCCO)C(=O)CN(C)C. The first-order chi connectivity index (χ1) is 6.11. The van der Waals surface area contributed by atoms with E-state index < -0.39 is 0 Å². The third-order valence-corrected chi connectivity index (χ3v) is 1.77. The van der Waals surface area contributed by atoms with Crippen molar-refractivity contribution < 1.29 is 9.90 Å². The number of nitrogens with zero attached hydrogens (tertiary/aromatic N) is 2. The summed E-state index contributed by atoms with van der Waals surface area (Å²) in [6.07, 6.45) is 0.660. The lowest BCUT2D eigenvalue weighted by molar-refractivity contribution is -0.131. The minimum Gasteiger partial charge on any atom is -0.396 e. The first-order valence-electron chi connectivity index (χ1n) is 4.65. The van der Waals surface area contributed by atoms with Crippen LogP contribution in [0.4, 0.5) is 0 Å². The molecule has 78 valence electrons. The number of aliphatic hydroxyl groups is 1. The highest BCUT2D eigenvalue weighted by molar-refractivity contribution is 5.78. The second-order valence-electron chi connectivity index (χ2n) is 3.29. The Hall–Kier alpha value is -0.610. The number of carbonyl (C=O) groups is 1. The van der Waals surface area contributed by atoms with E-state index >= 15 is 0 Å². The van der Waals surface area contributed by atoms with Crippen LogP contribution in [-0.2, 0) is 4.79 Å². The van der Waals surface area contributed by atoms with Crippen molar-refractivity contribution in [3.05, 3.63) is 0 Å². The van der Waals surface area contributed by atoms with Crippen molar-refractivity contribution in [3.8, 4) is 0 Å². The highest BCUT2D eigenvalue weighted by Crippen LogP contribution is 1.93. The van der Waals surface area contributed by atoms with E-state index in [0.717, 1.165) is 0 Å². The summed E-state index contributed by atoms with van der Waals surface area (Å²) in [7, 11) is 3.75. The van der Waals surface area contributed by atoms with Gasteiger partial charge < -0.3 is 14.9 Å². The molecule has 0 aromatic carbocycles. The van der Waals surface area contributed by atoms with E-state index in [4.69, 9.17) is 5.11 Å². The molecular weight excluding hydrogens is 168 g/mol. The Kier molecular flexibility index (Phi) is 6.54. The van der Waals surface area contributed by atoms with Crippen molar-refractivity contribution in [2.24, 2.45) is 0 Å². The summed E-state index contributed by atoms with van der Waals surface area (Å²) < 4.78 is 0. The maximum absolute atomic E-state index is 11.5. The van der Waals surface area contributed by atoms with Gasteiger partial charge in [0.15, 0.2) is 0 Å². The minimum absolute atomic E-state index is 0.126. The average molecular weight is 188 g/mol. The van der Waals surface area contributed by atoms with Gasteiger partial charge in [-0.15, -0.1) is 0 Å². The molecule has 0 aliphatic heterocycles. The standard InChI is InChI=1S/C9H20N2O2/c1-4-11(6-5-7-12)9(13)8-10(2)3/h12H,4-8H2,1-3H3. The smallest absolute Gasteiger partial charge is 0.236 e. The van der Waals surface area contributed by atoms with Crippen molar-refractivity contribution in [3.63, 3.8) is 0 Å². The summed E-state index contributed by atoms with van der Waals surface area (Å²) in [6.45, 7) is 3.91.